The van der Waals surface area contributed by atoms with Crippen LogP contribution in [-0.2, 0) is 9.59 Å². The van der Waals surface area contributed by atoms with Crippen LogP contribution < -0.4 is 10.6 Å². The smallest absolute Gasteiger partial charge is 0.237 e. The molecule has 6 heteroatoms. The third-order valence-electron chi connectivity index (χ3n) is 4.19. The Morgan fingerprint density at radius 2 is 1.90 bits per heavy atom. The summed E-state index contributed by atoms with van der Waals surface area (Å²) in [5.74, 6) is 0.379. The van der Waals surface area contributed by atoms with Gasteiger partial charge in [-0.1, -0.05) is 6.42 Å². The van der Waals surface area contributed by atoms with Crippen molar-refractivity contribution in [1.29, 1.82) is 0 Å². The Morgan fingerprint density at radius 3 is 2.50 bits per heavy atom. The zero-order chi connectivity index (χ0) is 13.8. The van der Waals surface area contributed by atoms with E-state index < -0.39 is 0 Å². The number of hydrogen-bond acceptors (Lipinski definition) is 3. The van der Waals surface area contributed by atoms with E-state index in [-0.39, 0.29) is 42.2 Å². The van der Waals surface area contributed by atoms with Gasteiger partial charge in [-0.2, -0.15) is 0 Å². The first-order chi connectivity index (χ1) is 9.08. The summed E-state index contributed by atoms with van der Waals surface area (Å²) in [6, 6.07) is 0.141. The summed E-state index contributed by atoms with van der Waals surface area (Å²) >= 11 is 0. The molecular formula is C14H26ClN3O2. The summed E-state index contributed by atoms with van der Waals surface area (Å²) < 4.78 is 0. The zero-order valence-corrected chi connectivity index (χ0v) is 13.2. The van der Waals surface area contributed by atoms with Crippen LogP contribution in [0.4, 0.5) is 0 Å². The van der Waals surface area contributed by atoms with Gasteiger partial charge in [-0.05, 0) is 38.6 Å². The molecule has 2 fully saturated rings. The van der Waals surface area contributed by atoms with Gasteiger partial charge in [-0.25, -0.2) is 0 Å². The van der Waals surface area contributed by atoms with E-state index in [4.69, 9.17) is 0 Å². The van der Waals surface area contributed by atoms with Crippen molar-refractivity contribution in [3.63, 3.8) is 0 Å². The summed E-state index contributed by atoms with van der Waals surface area (Å²) in [5, 5.41) is 6.32. The monoisotopic (exact) mass is 303 g/mol. The van der Waals surface area contributed by atoms with Gasteiger partial charge in [0, 0.05) is 26.1 Å². The molecule has 20 heavy (non-hydrogen) atoms. The maximum absolute atomic E-state index is 12.1. The second-order valence-corrected chi connectivity index (χ2v) is 5.95. The minimum atomic E-state index is -0.0232. The molecule has 2 rings (SSSR count). The maximum Gasteiger partial charge on any atom is 0.237 e. The average Bonchev–Trinajstić information content (AvgIpc) is 2.92. The Labute approximate surface area is 127 Å². The van der Waals surface area contributed by atoms with Gasteiger partial charge in [0.1, 0.15) is 0 Å². The van der Waals surface area contributed by atoms with Gasteiger partial charge in [-0.15, -0.1) is 12.4 Å². The molecular weight excluding hydrogens is 278 g/mol. The Kier molecular flexibility index (Phi) is 6.76. The number of halogens is 1. The molecule has 1 heterocycles. The largest absolute Gasteiger partial charge is 0.352 e. The van der Waals surface area contributed by atoms with E-state index in [9.17, 15) is 9.59 Å². The Bertz CT molecular complexity index is 343. The predicted molar refractivity (Wildman–Crippen MR) is 80.9 cm³/mol. The standard InChI is InChI=1S/C14H25N3O2.ClH/c1-17(2)14(19)10-5-3-6-11(9-10)16-13(18)12-7-4-8-15-12;/h10-12,15H,3-9H2,1-2H3,(H,16,18);1H. The van der Waals surface area contributed by atoms with Crippen LogP contribution in [0.5, 0.6) is 0 Å². The van der Waals surface area contributed by atoms with Gasteiger partial charge in [0.2, 0.25) is 11.8 Å². The molecule has 2 N–H and O–H groups in total. The molecule has 0 aromatic carbocycles. The molecule has 0 spiro atoms. The van der Waals surface area contributed by atoms with Crippen LogP contribution in [0.25, 0.3) is 0 Å². The number of amides is 2. The minimum Gasteiger partial charge on any atom is -0.352 e. The fourth-order valence-corrected chi connectivity index (χ4v) is 3.12. The van der Waals surface area contributed by atoms with Gasteiger partial charge in [-0.3, -0.25) is 9.59 Å². The van der Waals surface area contributed by atoms with Gasteiger partial charge in [0.15, 0.2) is 0 Å². The van der Waals surface area contributed by atoms with Crippen LogP contribution in [0.3, 0.4) is 0 Å². The van der Waals surface area contributed by atoms with E-state index >= 15 is 0 Å². The summed E-state index contributed by atoms with van der Waals surface area (Å²) in [5.41, 5.74) is 0. The number of hydrogen-bond donors (Lipinski definition) is 2. The van der Waals surface area contributed by atoms with Crippen LogP contribution in [-0.4, -0.2) is 49.4 Å². The zero-order valence-electron chi connectivity index (χ0n) is 12.4. The van der Waals surface area contributed by atoms with E-state index in [2.05, 4.69) is 10.6 Å². The van der Waals surface area contributed by atoms with Gasteiger partial charge in [0.05, 0.1) is 6.04 Å². The molecule has 3 unspecified atom stereocenters. The second kappa shape index (κ2) is 7.84. The normalized spacial score (nSPS) is 29.4. The lowest BCUT2D eigenvalue weighted by Gasteiger charge is -2.31. The molecule has 1 saturated heterocycles. The highest BCUT2D eigenvalue weighted by molar-refractivity contribution is 5.85. The highest BCUT2D eigenvalue weighted by Crippen LogP contribution is 2.25. The SMILES string of the molecule is CN(C)C(=O)C1CCCC(NC(=O)C2CCCN2)C1.Cl. The fourth-order valence-electron chi connectivity index (χ4n) is 3.12. The lowest BCUT2D eigenvalue weighted by molar-refractivity contribution is -0.135. The van der Waals surface area contributed by atoms with Crippen molar-refractivity contribution in [3.8, 4) is 0 Å². The van der Waals surface area contributed by atoms with Crippen molar-refractivity contribution in [3.05, 3.63) is 0 Å². The van der Waals surface area contributed by atoms with Crippen molar-refractivity contribution in [2.24, 2.45) is 5.92 Å². The number of carbonyl (C=O) groups is 2. The van der Waals surface area contributed by atoms with Crippen LogP contribution in [0.1, 0.15) is 38.5 Å². The third-order valence-corrected chi connectivity index (χ3v) is 4.19. The summed E-state index contributed by atoms with van der Waals surface area (Å²) in [6.45, 7) is 0.935. The van der Waals surface area contributed by atoms with Crippen molar-refractivity contribution in [2.75, 3.05) is 20.6 Å². The molecule has 3 atom stereocenters. The minimum absolute atomic E-state index is 0. The molecule has 2 aliphatic rings. The second-order valence-electron chi connectivity index (χ2n) is 5.95. The summed E-state index contributed by atoms with van der Waals surface area (Å²) in [6.07, 6.45) is 5.76. The molecule has 0 radical (unpaired) electrons. The number of carbonyl (C=O) groups excluding carboxylic acids is 2. The number of rotatable bonds is 3. The summed E-state index contributed by atoms with van der Waals surface area (Å²) in [7, 11) is 3.60. The Balaban J connectivity index is 0.00000200. The van der Waals surface area contributed by atoms with Crippen LogP contribution >= 0.6 is 12.4 Å². The van der Waals surface area contributed by atoms with Crippen molar-refractivity contribution >= 4 is 24.2 Å². The van der Waals surface area contributed by atoms with E-state index in [0.29, 0.717) is 0 Å². The molecule has 116 valence electrons. The average molecular weight is 304 g/mol. The van der Waals surface area contributed by atoms with E-state index in [1.807, 2.05) is 0 Å². The summed E-state index contributed by atoms with van der Waals surface area (Å²) in [4.78, 5) is 25.7. The quantitative estimate of drug-likeness (QED) is 0.815. The number of nitrogens with zero attached hydrogens (tertiary/aromatic N) is 1. The van der Waals surface area contributed by atoms with Gasteiger partial charge in [0.25, 0.3) is 0 Å². The van der Waals surface area contributed by atoms with Crippen LogP contribution in [0.15, 0.2) is 0 Å². The van der Waals surface area contributed by atoms with E-state index in [1.165, 1.54) is 0 Å². The molecule has 0 aromatic rings. The number of nitrogens with one attached hydrogen (secondary N) is 2. The molecule has 1 aliphatic heterocycles. The van der Waals surface area contributed by atoms with E-state index in [0.717, 1.165) is 45.1 Å². The van der Waals surface area contributed by atoms with Gasteiger partial charge < -0.3 is 15.5 Å². The molecule has 1 saturated carbocycles. The molecule has 1 aliphatic carbocycles. The molecule has 5 nitrogen and oxygen atoms in total. The molecule has 0 aromatic heterocycles. The highest BCUT2D eigenvalue weighted by Gasteiger charge is 2.30. The van der Waals surface area contributed by atoms with Crippen molar-refractivity contribution in [2.45, 2.75) is 50.6 Å². The first-order valence-electron chi connectivity index (χ1n) is 7.33. The lowest BCUT2D eigenvalue weighted by Crippen LogP contribution is -2.47. The highest BCUT2D eigenvalue weighted by atomic mass is 35.5. The van der Waals surface area contributed by atoms with Gasteiger partial charge >= 0.3 is 0 Å². The van der Waals surface area contributed by atoms with Crippen LogP contribution in [0, 0.1) is 5.92 Å². The first-order valence-corrected chi connectivity index (χ1v) is 7.33. The third kappa shape index (κ3) is 4.35. The Morgan fingerprint density at radius 1 is 1.15 bits per heavy atom. The predicted octanol–water partition coefficient (Wildman–Crippen LogP) is 0.923. The maximum atomic E-state index is 12.1. The van der Waals surface area contributed by atoms with Crippen molar-refractivity contribution < 1.29 is 9.59 Å². The van der Waals surface area contributed by atoms with Crippen molar-refractivity contribution in [1.82, 2.24) is 15.5 Å². The van der Waals surface area contributed by atoms with E-state index in [1.54, 1.807) is 19.0 Å². The Hall–Kier alpha value is -0.810. The topological polar surface area (TPSA) is 61.4 Å². The lowest BCUT2D eigenvalue weighted by atomic mass is 9.84. The van der Waals surface area contributed by atoms with Crippen LogP contribution in [0.2, 0.25) is 0 Å². The first kappa shape index (κ1) is 17.2. The fraction of sp³-hybridized carbons (Fsp3) is 0.857. The molecule has 0 bridgehead atoms. The molecule has 2 amide bonds.